The number of anilines is 1. The van der Waals surface area contributed by atoms with Gasteiger partial charge in [-0.25, -0.2) is 0 Å². The molecule has 6 rings (SSSR count). The second kappa shape index (κ2) is 9.62. The number of imide groups is 1. The van der Waals surface area contributed by atoms with E-state index >= 15 is 0 Å². The highest BCUT2D eigenvalue weighted by Gasteiger charge is 2.56. The van der Waals surface area contributed by atoms with Gasteiger partial charge in [-0.15, -0.1) is 0 Å². The number of fused-ring (bicyclic) bond motifs is 3. The van der Waals surface area contributed by atoms with Gasteiger partial charge in [-0.3, -0.25) is 34.2 Å². The summed E-state index contributed by atoms with van der Waals surface area (Å²) in [4.78, 5) is 65.9. The molecule has 3 aliphatic carbocycles. The van der Waals surface area contributed by atoms with Crippen LogP contribution in [0.4, 0.5) is 11.4 Å². The highest BCUT2D eigenvalue weighted by atomic mass is 79.9. The predicted molar refractivity (Wildman–Crippen MR) is 149 cm³/mol. The van der Waals surface area contributed by atoms with E-state index < -0.39 is 40.4 Å². The Kier molecular flexibility index (Phi) is 6.29. The van der Waals surface area contributed by atoms with Crippen molar-refractivity contribution in [3.8, 4) is 11.5 Å². The molecule has 4 atom stereocenters. The number of allylic oxidation sites excluding steroid dienone is 6. The van der Waals surface area contributed by atoms with Crippen LogP contribution in [0.3, 0.4) is 0 Å². The number of ether oxygens (including phenoxy) is 1. The van der Waals surface area contributed by atoms with Crippen LogP contribution in [0.1, 0.15) is 31.2 Å². The van der Waals surface area contributed by atoms with Crippen LogP contribution in [0.2, 0.25) is 0 Å². The summed E-state index contributed by atoms with van der Waals surface area (Å²) < 4.78 is 5.70. The first-order chi connectivity index (χ1) is 19.5. The average molecular weight is 619 g/mol. The molecule has 0 spiro atoms. The number of carbonyl (C=O) groups is 4. The molecule has 0 saturated carbocycles. The summed E-state index contributed by atoms with van der Waals surface area (Å²) in [7, 11) is 1.40. The molecule has 1 aliphatic heterocycles. The molecule has 11 heteroatoms. The summed E-state index contributed by atoms with van der Waals surface area (Å²) in [6.45, 7) is 1.59. The Morgan fingerprint density at radius 3 is 2.44 bits per heavy atom. The van der Waals surface area contributed by atoms with E-state index in [4.69, 9.17) is 4.74 Å². The maximum absolute atomic E-state index is 13.9. The van der Waals surface area contributed by atoms with Crippen LogP contribution in [0.25, 0.3) is 0 Å². The molecule has 0 unspecified atom stereocenters. The third-order valence-electron chi connectivity index (χ3n) is 8.49. The van der Waals surface area contributed by atoms with Gasteiger partial charge < -0.3 is 9.84 Å². The van der Waals surface area contributed by atoms with Crippen LogP contribution < -0.4 is 9.64 Å². The zero-order chi connectivity index (χ0) is 29.3. The van der Waals surface area contributed by atoms with Gasteiger partial charge in [-0.1, -0.05) is 11.6 Å². The number of nitro benzene ring substituents is 1. The minimum absolute atomic E-state index is 0.118. The molecule has 1 saturated heterocycles. The normalized spacial score (nSPS) is 25.4. The third kappa shape index (κ3) is 3.98. The van der Waals surface area contributed by atoms with E-state index in [9.17, 15) is 34.4 Å². The number of amides is 2. The lowest BCUT2D eigenvalue weighted by Gasteiger charge is -2.42. The quantitative estimate of drug-likeness (QED) is 0.171. The van der Waals surface area contributed by atoms with Crippen molar-refractivity contribution >= 4 is 50.7 Å². The minimum atomic E-state index is -0.786. The zero-order valence-electron chi connectivity index (χ0n) is 21.9. The number of non-ortho nitro benzene ring substituents is 1. The van der Waals surface area contributed by atoms with Gasteiger partial charge in [-0.05, 0) is 77.5 Å². The summed E-state index contributed by atoms with van der Waals surface area (Å²) in [6, 6.07) is 8.51. The first-order valence-corrected chi connectivity index (χ1v) is 13.7. The molecular weight excluding hydrogens is 596 g/mol. The number of phenolic OH excluding ortho intramolecular Hbond substituents is 1. The molecule has 0 radical (unpaired) electrons. The molecule has 1 N–H and O–H groups in total. The lowest BCUT2D eigenvalue weighted by Crippen LogP contribution is -2.39. The average Bonchev–Trinajstić information content (AvgIpc) is 3.21. The van der Waals surface area contributed by atoms with E-state index in [-0.39, 0.29) is 47.3 Å². The first-order valence-electron chi connectivity index (χ1n) is 12.9. The van der Waals surface area contributed by atoms with Crippen LogP contribution in [0.15, 0.2) is 75.3 Å². The SMILES string of the molecule is COc1cc([C@H]2C3=CC[C@@H]4C(=O)N(c5ccc([N+](=O)[O-])cc5)C(=O)[C@@H]4[C@@H]3CC3=C2C(=O)C(C)=CC3=O)cc(Br)c1O. The summed E-state index contributed by atoms with van der Waals surface area (Å²) in [5, 5.41) is 21.5. The number of Topliss-reactive ketones (excluding diaryl/α,β-unsaturated/α-hetero) is 1. The summed E-state index contributed by atoms with van der Waals surface area (Å²) in [6.07, 6.45) is 3.57. The summed E-state index contributed by atoms with van der Waals surface area (Å²) in [5.41, 5.74) is 2.38. The van der Waals surface area contributed by atoms with Crippen LogP contribution in [-0.4, -0.2) is 40.5 Å². The molecule has 208 valence electrons. The Labute approximate surface area is 242 Å². The van der Waals surface area contributed by atoms with Crippen LogP contribution in [0.5, 0.6) is 11.5 Å². The number of halogens is 1. The number of nitrogens with zero attached hydrogens (tertiary/aromatic N) is 2. The van der Waals surface area contributed by atoms with Gasteiger partial charge in [0.2, 0.25) is 11.8 Å². The van der Waals surface area contributed by atoms with Crippen molar-refractivity contribution in [3.05, 3.63) is 91.0 Å². The number of aromatic hydroxyl groups is 1. The number of hydrogen-bond donors (Lipinski definition) is 1. The van der Waals surface area contributed by atoms with Crippen molar-refractivity contribution in [2.24, 2.45) is 17.8 Å². The number of benzene rings is 2. The summed E-state index contributed by atoms with van der Waals surface area (Å²) in [5.74, 6) is -4.08. The molecule has 1 fully saturated rings. The van der Waals surface area contributed by atoms with Gasteiger partial charge in [0.25, 0.3) is 5.69 Å². The Bertz CT molecular complexity index is 1690. The van der Waals surface area contributed by atoms with Gasteiger partial charge in [0.15, 0.2) is 23.1 Å². The number of nitro groups is 1. The Balaban J connectivity index is 1.48. The molecule has 2 amide bonds. The predicted octanol–water partition coefficient (Wildman–Crippen LogP) is 4.71. The third-order valence-corrected chi connectivity index (χ3v) is 9.09. The molecule has 2 aromatic carbocycles. The minimum Gasteiger partial charge on any atom is -0.503 e. The molecule has 10 nitrogen and oxygen atoms in total. The monoisotopic (exact) mass is 618 g/mol. The van der Waals surface area contributed by atoms with E-state index in [0.717, 1.165) is 10.5 Å². The van der Waals surface area contributed by atoms with Crippen LogP contribution in [0, 0.1) is 27.9 Å². The van der Waals surface area contributed by atoms with Gasteiger partial charge >= 0.3 is 0 Å². The number of hydrogen-bond acceptors (Lipinski definition) is 8. The number of ketones is 2. The summed E-state index contributed by atoms with van der Waals surface area (Å²) >= 11 is 3.35. The van der Waals surface area contributed by atoms with Gasteiger partial charge in [-0.2, -0.15) is 0 Å². The maximum atomic E-state index is 13.9. The molecular formula is C30H23BrN2O8. The maximum Gasteiger partial charge on any atom is 0.269 e. The van der Waals surface area contributed by atoms with Crippen molar-refractivity contribution < 1.29 is 33.9 Å². The van der Waals surface area contributed by atoms with Gasteiger partial charge in [0.05, 0.1) is 34.0 Å². The molecule has 0 aromatic heterocycles. The fraction of sp³-hybridized carbons (Fsp3) is 0.267. The largest absolute Gasteiger partial charge is 0.503 e. The first kappa shape index (κ1) is 26.8. The topological polar surface area (TPSA) is 144 Å². The smallest absolute Gasteiger partial charge is 0.269 e. The fourth-order valence-electron chi connectivity index (χ4n) is 6.63. The highest BCUT2D eigenvalue weighted by Crippen LogP contribution is 2.56. The van der Waals surface area contributed by atoms with Crippen molar-refractivity contribution in [2.75, 3.05) is 12.0 Å². The Morgan fingerprint density at radius 2 is 1.78 bits per heavy atom. The van der Waals surface area contributed by atoms with Gasteiger partial charge in [0.1, 0.15) is 0 Å². The van der Waals surface area contributed by atoms with E-state index in [1.54, 1.807) is 19.1 Å². The van der Waals surface area contributed by atoms with Crippen molar-refractivity contribution in [1.82, 2.24) is 0 Å². The van der Waals surface area contributed by atoms with E-state index in [0.29, 0.717) is 26.8 Å². The van der Waals surface area contributed by atoms with Crippen LogP contribution >= 0.6 is 15.9 Å². The highest BCUT2D eigenvalue weighted by molar-refractivity contribution is 9.10. The lowest BCUT2D eigenvalue weighted by atomic mass is 9.59. The van der Waals surface area contributed by atoms with Crippen LogP contribution in [-0.2, 0) is 19.2 Å². The van der Waals surface area contributed by atoms with Crippen molar-refractivity contribution in [3.63, 3.8) is 0 Å². The van der Waals surface area contributed by atoms with Gasteiger partial charge in [0, 0.05) is 34.8 Å². The van der Waals surface area contributed by atoms with E-state index in [1.165, 1.54) is 37.5 Å². The second-order valence-corrected chi connectivity index (χ2v) is 11.4. The molecule has 0 bridgehead atoms. The Morgan fingerprint density at radius 1 is 1.07 bits per heavy atom. The lowest BCUT2D eigenvalue weighted by molar-refractivity contribution is -0.384. The molecule has 41 heavy (non-hydrogen) atoms. The van der Waals surface area contributed by atoms with E-state index in [1.807, 2.05) is 6.08 Å². The zero-order valence-corrected chi connectivity index (χ0v) is 23.5. The fourth-order valence-corrected chi connectivity index (χ4v) is 7.09. The molecule has 2 aromatic rings. The Hall–Kier alpha value is -4.38. The molecule has 1 heterocycles. The second-order valence-electron chi connectivity index (χ2n) is 10.6. The number of phenols is 1. The van der Waals surface area contributed by atoms with Crippen molar-refractivity contribution in [1.29, 1.82) is 0 Å². The standard InChI is InChI=1S/C30H23BrN2O8/c1-13-9-22(34)20-12-19-17(24(26(20)27(13)35)14-10-21(31)28(36)23(11-14)41-2)7-8-18-25(19)30(38)32(29(18)37)15-3-5-16(6-4-15)33(39)40/h3-7,9-11,18-19,24-25,36H,8,12H2,1-2H3/t18-,19+,24-,25-/m0/s1. The molecule has 4 aliphatic rings. The number of carbonyl (C=O) groups excluding carboxylic acids is 4. The van der Waals surface area contributed by atoms with Crippen molar-refractivity contribution in [2.45, 2.75) is 25.7 Å². The number of methoxy groups -OCH3 is 1. The van der Waals surface area contributed by atoms with E-state index in [2.05, 4.69) is 15.9 Å². The number of rotatable bonds is 4.